The summed E-state index contributed by atoms with van der Waals surface area (Å²) in [5, 5.41) is 3.12. The third kappa shape index (κ3) is 4.77. The second kappa shape index (κ2) is 9.32. The van der Waals surface area contributed by atoms with Crippen LogP contribution in [0, 0.1) is 5.92 Å². The van der Waals surface area contributed by atoms with E-state index in [0.29, 0.717) is 29.4 Å². The number of thiazole rings is 1. The molecule has 1 aliphatic rings. The second-order valence-corrected chi connectivity index (χ2v) is 11.1. The molecule has 0 radical (unpaired) electrons. The molecule has 0 aliphatic carbocycles. The number of aromatic nitrogens is 1. The first kappa shape index (κ1) is 24.1. The Morgan fingerprint density at radius 1 is 1.18 bits per heavy atom. The van der Waals surface area contributed by atoms with E-state index in [0.717, 1.165) is 16.0 Å². The molecule has 34 heavy (non-hydrogen) atoms. The highest BCUT2D eigenvalue weighted by Gasteiger charge is 2.30. The van der Waals surface area contributed by atoms with Crippen LogP contribution in [0.2, 0.25) is 0 Å². The van der Waals surface area contributed by atoms with Crippen LogP contribution in [0.3, 0.4) is 0 Å². The van der Waals surface area contributed by atoms with Gasteiger partial charge in [0.05, 0.1) is 22.2 Å². The third-order valence-corrected chi connectivity index (χ3v) is 8.07. The molecule has 9 nitrogen and oxygen atoms in total. The van der Waals surface area contributed by atoms with Gasteiger partial charge in [-0.2, -0.15) is 4.72 Å². The number of methoxy groups -OCH3 is 1. The largest absolute Gasteiger partial charge is 0.497 e. The van der Waals surface area contributed by atoms with Crippen LogP contribution < -0.4 is 19.7 Å². The van der Waals surface area contributed by atoms with Gasteiger partial charge in [0, 0.05) is 19.2 Å². The van der Waals surface area contributed by atoms with E-state index >= 15 is 0 Å². The fourth-order valence-corrected chi connectivity index (χ4v) is 6.16. The summed E-state index contributed by atoms with van der Waals surface area (Å²) in [6.45, 7) is 5.54. The Labute approximate surface area is 202 Å². The number of hydrogen-bond acceptors (Lipinski definition) is 7. The summed E-state index contributed by atoms with van der Waals surface area (Å²) in [5.74, 6) is -0.208. The van der Waals surface area contributed by atoms with Crippen molar-refractivity contribution in [3.8, 4) is 5.75 Å². The average Bonchev–Trinajstić information content (AvgIpc) is 3.39. The van der Waals surface area contributed by atoms with Gasteiger partial charge in [-0.3, -0.25) is 9.59 Å². The molecule has 0 spiro atoms. The molecule has 0 saturated carbocycles. The van der Waals surface area contributed by atoms with Crippen molar-refractivity contribution in [1.82, 2.24) is 9.71 Å². The van der Waals surface area contributed by atoms with Crippen LogP contribution in [0.15, 0.2) is 41.3 Å². The highest BCUT2D eigenvalue weighted by atomic mass is 32.2. The molecule has 0 fully saturated rings. The first-order valence-corrected chi connectivity index (χ1v) is 13.1. The number of rotatable bonds is 7. The van der Waals surface area contributed by atoms with E-state index in [1.807, 2.05) is 6.07 Å². The standard InChI is InChI=1S/C23H26N4O5S2/c1-13(2)21(22(29)25-23-24-18-7-5-16(32-4)12-20(18)33-23)26-34(30,31)17-6-8-19-15(11-17)9-10-27(19)14(3)28/h5-8,11-13,21,26H,9-10H2,1-4H3,(H,24,25,29). The van der Waals surface area contributed by atoms with Crippen LogP contribution in [-0.2, 0) is 26.0 Å². The van der Waals surface area contributed by atoms with Gasteiger partial charge in [-0.25, -0.2) is 13.4 Å². The van der Waals surface area contributed by atoms with Gasteiger partial charge in [0.2, 0.25) is 21.8 Å². The van der Waals surface area contributed by atoms with Crippen LogP contribution in [0.5, 0.6) is 5.75 Å². The number of hydrogen-bond donors (Lipinski definition) is 2. The van der Waals surface area contributed by atoms with E-state index < -0.39 is 22.0 Å². The van der Waals surface area contributed by atoms with E-state index in [9.17, 15) is 18.0 Å². The number of fused-ring (bicyclic) bond motifs is 2. The zero-order valence-electron chi connectivity index (χ0n) is 19.3. The molecule has 1 aliphatic heterocycles. The zero-order chi connectivity index (χ0) is 24.6. The Bertz CT molecular complexity index is 1370. The van der Waals surface area contributed by atoms with Crippen LogP contribution in [-0.4, -0.2) is 44.9 Å². The predicted molar refractivity (Wildman–Crippen MR) is 132 cm³/mol. The number of benzene rings is 2. The maximum Gasteiger partial charge on any atom is 0.244 e. The van der Waals surface area contributed by atoms with Gasteiger partial charge in [0.25, 0.3) is 0 Å². The van der Waals surface area contributed by atoms with Gasteiger partial charge < -0.3 is 15.0 Å². The van der Waals surface area contributed by atoms with Gasteiger partial charge in [-0.15, -0.1) is 0 Å². The topological polar surface area (TPSA) is 118 Å². The van der Waals surface area contributed by atoms with Crippen LogP contribution in [0.1, 0.15) is 26.3 Å². The molecule has 1 atom stereocenters. The number of carbonyl (C=O) groups is 2. The lowest BCUT2D eigenvalue weighted by Gasteiger charge is -2.21. The van der Waals surface area contributed by atoms with E-state index in [-0.39, 0.29) is 16.7 Å². The Hall–Kier alpha value is -3.02. The predicted octanol–water partition coefficient (Wildman–Crippen LogP) is 3.16. The lowest BCUT2D eigenvalue weighted by Crippen LogP contribution is -2.47. The molecular weight excluding hydrogens is 476 g/mol. The summed E-state index contributed by atoms with van der Waals surface area (Å²) in [5.41, 5.74) is 2.21. The zero-order valence-corrected chi connectivity index (χ0v) is 20.9. The highest BCUT2D eigenvalue weighted by Crippen LogP contribution is 2.31. The fraction of sp³-hybridized carbons (Fsp3) is 0.348. The van der Waals surface area contributed by atoms with Crippen molar-refractivity contribution < 1.29 is 22.7 Å². The van der Waals surface area contributed by atoms with E-state index in [2.05, 4.69) is 15.0 Å². The monoisotopic (exact) mass is 502 g/mol. The van der Waals surface area contributed by atoms with Gasteiger partial charge in [-0.1, -0.05) is 25.2 Å². The molecule has 3 aromatic rings. The summed E-state index contributed by atoms with van der Waals surface area (Å²) >= 11 is 1.28. The first-order chi connectivity index (χ1) is 16.1. The number of amides is 2. The first-order valence-electron chi connectivity index (χ1n) is 10.8. The maximum absolute atomic E-state index is 13.1. The number of ether oxygens (including phenoxy) is 1. The summed E-state index contributed by atoms with van der Waals surface area (Å²) in [6, 6.07) is 9.06. The molecule has 0 bridgehead atoms. The molecule has 11 heteroatoms. The molecule has 2 heterocycles. The number of carbonyl (C=O) groups excluding carboxylic acids is 2. The van der Waals surface area contributed by atoms with Crippen LogP contribution >= 0.6 is 11.3 Å². The van der Waals surface area contributed by atoms with E-state index in [4.69, 9.17) is 4.74 Å². The molecule has 4 rings (SSSR count). The Morgan fingerprint density at radius 2 is 1.94 bits per heavy atom. The highest BCUT2D eigenvalue weighted by molar-refractivity contribution is 7.89. The number of sulfonamides is 1. The molecule has 180 valence electrons. The minimum absolute atomic E-state index is 0.0576. The molecule has 1 unspecified atom stereocenters. The lowest BCUT2D eigenvalue weighted by molar-refractivity contribution is -0.118. The van der Waals surface area contributed by atoms with Crippen molar-refractivity contribution in [3.63, 3.8) is 0 Å². The Morgan fingerprint density at radius 3 is 2.62 bits per heavy atom. The lowest BCUT2D eigenvalue weighted by atomic mass is 10.1. The van der Waals surface area contributed by atoms with Gasteiger partial charge in [0.1, 0.15) is 11.8 Å². The van der Waals surface area contributed by atoms with Crippen molar-refractivity contribution in [1.29, 1.82) is 0 Å². The number of nitrogens with zero attached hydrogens (tertiary/aromatic N) is 2. The molecule has 2 aromatic carbocycles. The number of anilines is 2. The average molecular weight is 503 g/mol. The second-order valence-electron chi connectivity index (χ2n) is 8.40. The van der Waals surface area contributed by atoms with Gasteiger partial charge in [-0.05, 0) is 54.3 Å². The SMILES string of the molecule is COc1ccc2nc(NC(=O)C(NS(=O)(=O)c3ccc4c(c3)CCN4C(C)=O)C(C)C)sc2c1. The normalized spacial score (nSPS) is 14.3. The summed E-state index contributed by atoms with van der Waals surface area (Å²) in [7, 11) is -2.41. The van der Waals surface area contributed by atoms with Gasteiger partial charge >= 0.3 is 0 Å². The van der Waals surface area contributed by atoms with Crippen molar-refractivity contribution in [2.75, 3.05) is 23.9 Å². The molecule has 2 amide bonds. The molecular formula is C23H26N4O5S2. The minimum atomic E-state index is -3.98. The number of nitrogens with one attached hydrogen (secondary N) is 2. The van der Waals surface area contributed by atoms with Crippen molar-refractivity contribution >= 4 is 54.2 Å². The van der Waals surface area contributed by atoms with Crippen molar-refractivity contribution in [2.45, 2.75) is 38.1 Å². The summed E-state index contributed by atoms with van der Waals surface area (Å²) < 4.78 is 34.9. The quantitative estimate of drug-likeness (QED) is 0.513. The van der Waals surface area contributed by atoms with Crippen LogP contribution in [0.4, 0.5) is 10.8 Å². The third-order valence-electron chi connectivity index (χ3n) is 5.69. The minimum Gasteiger partial charge on any atom is -0.497 e. The fourth-order valence-electron chi connectivity index (χ4n) is 3.87. The molecule has 1 aromatic heterocycles. The summed E-state index contributed by atoms with van der Waals surface area (Å²) in [4.78, 5) is 30.9. The Kier molecular flexibility index (Phi) is 6.61. The van der Waals surface area contributed by atoms with Gasteiger partial charge in [0.15, 0.2) is 5.13 Å². The smallest absolute Gasteiger partial charge is 0.244 e. The molecule has 2 N–H and O–H groups in total. The van der Waals surface area contributed by atoms with E-state index in [1.165, 1.54) is 24.3 Å². The van der Waals surface area contributed by atoms with Crippen molar-refractivity contribution in [3.05, 3.63) is 42.0 Å². The maximum atomic E-state index is 13.1. The van der Waals surface area contributed by atoms with Crippen LogP contribution in [0.25, 0.3) is 10.2 Å². The van der Waals surface area contributed by atoms with Crippen molar-refractivity contribution in [2.24, 2.45) is 5.92 Å². The molecule has 0 saturated heterocycles. The van der Waals surface area contributed by atoms with E-state index in [1.54, 1.807) is 50.1 Å². The Balaban J connectivity index is 1.53. The summed E-state index contributed by atoms with van der Waals surface area (Å²) in [6.07, 6.45) is 0.578.